The minimum absolute atomic E-state index is 0.106. The molecule has 0 saturated heterocycles. The Morgan fingerprint density at radius 1 is 1.46 bits per heavy atom. The predicted molar refractivity (Wildman–Crippen MR) is 107 cm³/mol. The molecule has 7 heteroatoms. The molecule has 2 aromatic rings. The molecule has 3 rings (SSSR count). The zero-order valence-corrected chi connectivity index (χ0v) is 16.2. The maximum atomic E-state index is 12.6. The number of aliphatic hydroxyl groups excluding tert-OH is 1. The second-order valence-corrected chi connectivity index (χ2v) is 6.93. The van der Waals surface area contributed by atoms with Crippen LogP contribution in [-0.4, -0.2) is 59.5 Å². The van der Waals surface area contributed by atoms with Crippen LogP contribution in [0.5, 0.6) is 5.75 Å². The lowest BCUT2D eigenvalue weighted by Crippen LogP contribution is -2.41. The molecule has 0 bridgehead atoms. The van der Waals surface area contributed by atoms with Crippen molar-refractivity contribution in [2.75, 3.05) is 33.4 Å². The van der Waals surface area contributed by atoms with E-state index in [4.69, 9.17) is 9.47 Å². The van der Waals surface area contributed by atoms with Gasteiger partial charge in [-0.25, -0.2) is 4.98 Å². The highest BCUT2D eigenvalue weighted by atomic mass is 16.5. The lowest BCUT2D eigenvalue weighted by Gasteiger charge is -2.29. The highest BCUT2D eigenvalue weighted by Gasteiger charge is 2.23. The average molecular weight is 385 g/mol. The van der Waals surface area contributed by atoms with Gasteiger partial charge in [0.25, 0.3) is 5.56 Å². The summed E-state index contributed by atoms with van der Waals surface area (Å²) in [5.41, 5.74) is 2.45. The summed E-state index contributed by atoms with van der Waals surface area (Å²) in [6, 6.07) is 7.74. The van der Waals surface area contributed by atoms with Gasteiger partial charge < -0.3 is 19.6 Å². The van der Waals surface area contributed by atoms with Crippen molar-refractivity contribution in [3.63, 3.8) is 0 Å². The number of ether oxygens (including phenoxy) is 2. The fraction of sp³-hybridized carbons (Fsp3) is 0.429. The van der Waals surface area contributed by atoms with E-state index in [0.717, 1.165) is 23.6 Å². The molecule has 150 valence electrons. The summed E-state index contributed by atoms with van der Waals surface area (Å²) >= 11 is 0. The highest BCUT2D eigenvalue weighted by molar-refractivity contribution is 5.31. The zero-order valence-electron chi connectivity index (χ0n) is 16.2. The summed E-state index contributed by atoms with van der Waals surface area (Å²) in [5.74, 6) is 1.44. The van der Waals surface area contributed by atoms with Crippen LogP contribution >= 0.6 is 0 Å². The standard InChI is InChI=1S/C21H27N3O4/c1-3-9-28-14-16(25)12-24-8-7-19-18(13-24)21(26)23-20(22-19)11-15-5-4-6-17(10-15)27-2/h3-6,10,16,25H,1,7-9,11-14H2,2H3,(H,22,23,26). The Morgan fingerprint density at radius 3 is 3.11 bits per heavy atom. The maximum Gasteiger partial charge on any atom is 0.255 e. The van der Waals surface area contributed by atoms with Gasteiger partial charge in [-0.05, 0) is 17.7 Å². The smallest absolute Gasteiger partial charge is 0.255 e. The van der Waals surface area contributed by atoms with Gasteiger partial charge in [0, 0.05) is 32.5 Å². The minimum atomic E-state index is -0.596. The van der Waals surface area contributed by atoms with Crippen molar-refractivity contribution in [1.29, 1.82) is 0 Å². The lowest BCUT2D eigenvalue weighted by atomic mass is 10.1. The number of rotatable bonds is 9. The number of aromatic amines is 1. The fourth-order valence-corrected chi connectivity index (χ4v) is 3.39. The number of benzene rings is 1. The zero-order chi connectivity index (χ0) is 19.9. The third kappa shape index (κ3) is 5.28. The molecule has 2 heterocycles. The molecular weight excluding hydrogens is 358 g/mol. The molecule has 1 aromatic carbocycles. The van der Waals surface area contributed by atoms with E-state index in [9.17, 15) is 9.90 Å². The van der Waals surface area contributed by atoms with Crippen LogP contribution in [0.1, 0.15) is 22.6 Å². The van der Waals surface area contributed by atoms with E-state index in [1.165, 1.54) is 0 Å². The van der Waals surface area contributed by atoms with E-state index in [1.807, 2.05) is 24.3 Å². The van der Waals surface area contributed by atoms with Crippen LogP contribution in [0.15, 0.2) is 41.7 Å². The highest BCUT2D eigenvalue weighted by Crippen LogP contribution is 2.17. The molecule has 2 N–H and O–H groups in total. The second-order valence-electron chi connectivity index (χ2n) is 6.93. The van der Waals surface area contributed by atoms with Gasteiger partial charge in [0.15, 0.2) is 0 Å². The van der Waals surface area contributed by atoms with E-state index in [1.54, 1.807) is 13.2 Å². The number of fused-ring (bicyclic) bond motifs is 1. The molecule has 0 aliphatic carbocycles. The molecule has 1 atom stereocenters. The van der Waals surface area contributed by atoms with Crippen LogP contribution in [0, 0.1) is 0 Å². The average Bonchev–Trinajstić information content (AvgIpc) is 2.69. The summed E-state index contributed by atoms with van der Waals surface area (Å²) in [4.78, 5) is 22.2. The summed E-state index contributed by atoms with van der Waals surface area (Å²) in [6.45, 7) is 5.94. The van der Waals surface area contributed by atoms with Crippen LogP contribution in [0.2, 0.25) is 0 Å². The number of nitrogens with one attached hydrogen (secondary N) is 1. The minimum Gasteiger partial charge on any atom is -0.497 e. The first-order valence-corrected chi connectivity index (χ1v) is 9.42. The molecule has 0 radical (unpaired) electrons. The number of H-pyrrole nitrogens is 1. The number of nitrogens with zero attached hydrogens (tertiary/aromatic N) is 2. The summed E-state index contributed by atoms with van der Waals surface area (Å²) in [7, 11) is 1.63. The van der Waals surface area contributed by atoms with Gasteiger partial charge in [0.1, 0.15) is 11.6 Å². The van der Waals surface area contributed by atoms with Crippen LogP contribution in [0.4, 0.5) is 0 Å². The van der Waals surface area contributed by atoms with Crippen LogP contribution in [0.25, 0.3) is 0 Å². The molecule has 0 spiro atoms. The lowest BCUT2D eigenvalue weighted by molar-refractivity contribution is 0.0233. The van der Waals surface area contributed by atoms with Crippen molar-refractivity contribution in [2.24, 2.45) is 0 Å². The van der Waals surface area contributed by atoms with E-state index >= 15 is 0 Å². The van der Waals surface area contributed by atoms with Gasteiger partial charge in [-0.1, -0.05) is 18.2 Å². The first kappa shape index (κ1) is 20.3. The van der Waals surface area contributed by atoms with Gasteiger partial charge in [0.05, 0.1) is 37.7 Å². The SMILES string of the molecule is C=CCOCC(O)CN1CCc2nc(Cc3cccc(OC)c3)[nH]c(=O)c2C1. The third-order valence-electron chi connectivity index (χ3n) is 4.72. The fourth-order valence-electron chi connectivity index (χ4n) is 3.39. The molecule has 1 aliphatic heterocycles. The van der Waals surface area contributed by atoms with Crippen LogP contribution in [-0.2, 0) is 24.1 Å². The van der Waals surface area contributed by atoms with Crippen molar-refractivity contribution >= 4 is 0 Å². The Morgan fingerprint density at radius 2 is 2.32 bits per heavy atom. The Balaban J connectivity index is 1.66. The monoisotopic (exact) mass is 385 g/mol. The molecule has 28 heavy (non-hydrogen) atoms. The van der Waals surface area contributed by atoms with Crippen molar-refractivity contribution in [3.05, 3.63) is 69.9 Å². The number of aliphatic hydroxyl groups is 1. The molecular formula is C21H27N3O4. The van der Waals surface area contributed by atoms with Crippen molar-refractivity contribution < 1.29 is 14.6 Å². The van der Waals surface area contributed by atoms with E-state index in [2.05, 4.69) is 21.4 Å². The summed E-state index contributed by atoms with van der Waals surface area (Å²) < 4.78 is 10.5. The molecule has 1 unspecified atom stereocenters. The normalized spacial score (nSPS) is 15.1. The molecule has 0 fully saturated rings. The first-order chi connectivity index (χ1) is 13.6. The van der Waals surface area contributed by atoms with Crippen molar-refractivity contribution in [3.8, 4) is 5.75 Å². The van der Waals surface area contributed by atoms with E-state index in [-0.39, 0.29) is 12.2 Å². The first-order valence-electron chi connectivity index (χ1n) is 9.42. The Bertz CT molecular complexity index is 865. The predicted octanol–water partition coefficient (Wildman–Crippen LogP) is 1.29. The number of methoxy groups -OCH3 is 1. The van der Waals surface area contributed by atoms with Gasteiger partial charge in [-0.15, -0.1) is 6.58 Å². The Hall–Kier alpha value is -2.48. The summed E-state index contributed by atoms with van der Waals surface area (Å²) in [6.07, 6.45) is 2.28. The largest absolute Gasteiger partial charge is 0.497 e. The number of hydrogen-bond acceptors (Lipinski definition) is 6. The van der Waals surface area contributed by atoms with Crippen molar-refractivity contribution in [2.45, 2.75) is 25.5 Å². The number of hydrogen-bond donors (Lipinski definition) is 2. The Labute approximate surface area is 164 Å². The molecule has 0 amide bonds. The Kier molecular flexibility index (Phi) is 6.97. The van der Waals surface area contributed by atoms with Crippen molar-refractivity contribution in [1.82, 2.24) is 14.9 Å². The molecule has 7 nitrogen and oxygen atoms in total. The van der Waals surface area contributed by atoms with Gasteiger partial charge in [-0.2, -0.15) is 0 Å². The van der Waals surface area contributed by atoms with E-state index < -0.39 is 6.10 Å². The van der Waals surface area contributed by atoms with Gasteiger partial charge >= 0.3 is 0 Å². The summed E-state index contributed by atoms with van der Waals surface area (Å²) in [5, 5.41) is 10.1. The quantitative estimate of drug-likeness (QED) is 0.500. The van der Waals surface area contributed by atoms with E-state index in [0.29, 0.717) is 43.9 Å². The topological polar surface area (TPSA) is 87.7 Å². The molecule has 0 saturated carbocycles. The number of aromatic nitrogens is 2. The molecule has 1 aliphatic rings. The second kappa shape index (κ2) is 9.64. The molecule has 1 aromatic heterocycles. The van der Waals surface area contributed by atoms with Crippen LogP contribution < -0.4 is 10.3 Å². The maximum absolute atomic E-state index is 12.6. The van der Waals surface area contributed by atoms with Gasteiger partial charge in [-0.3, -0.25) is 9.69 Å². The number of β-amino-alcohol motifs (C(OH)–C–C–N with tert-alkyl or cyclic N) is 1. The third-order valence-corrected chi connectivity index (χ3v) is 4.72. The van der Waals surface area contributed by atoms with Crippen LogP contribution in [0.3, 0.4) is 0 Å². The van der Waals surface area contributed by atoms with Gasteiger partial charge in [0.2, 0.25) is 0 Å².